The number of nitrogens with zero attached hydrogens (tertiary/aromatic N) is 4. The number of alkyl halides is 2. The van der Waals surface area contributed by atoms with Crippen LogP contribution in [-0.2, 0) is 0 Å². The second kappa shape index (κ2) is 7.75. The van der Waals surface area contributed by atoms with Gasteiger partial charge in [0.2, 0.25) is 0 Å². The monoisotopic (exact) mass is 402 g/mol. The normalized spacial score (nSPS) is 16.2. The number of fused-ring (bicyclic) bond motifs is 1. The zero-order valence-electron chi connectivity index (χ0n) is 15.6. The first-order valence-corrected chi connectivity index (χ1v) is 9.32. The number of carbonyl (C=O) groups is 1. The van der Waals surface area contributed by atoms with E-state index in [9.17, 15) is 13.6 Å². The lowest BCUT2D eigenvalue weighted by molar-refractivity contribution is -0.0495. The van der Waals surface area contributed by atoms with Gasteiger partial charge in [-0.15, -0.1) is 0 Å². The van der Waals surface area contributed by atoms with Crippen molar-refractivity contribution in [3.63, 3.8) is 0 Å². The van der Waals surface area contributed by atoms with Gasteiger partial charge in [0, 0.05) is 37.8 Å². The van der Waals surface area contributed by atoms with E-state index in [1.165, 1.54) is 11.1 Å². The first-order chi connectivity index (χ1) is 14.0. The highest BCUT2D eigenvalue weighted by Crippen LogP contribution is 2.28. The number of amides is 1. The van der Waals surface area contributed by atoms with E-state index in [4.69, 9.17) is 9.84 Å². The molecule has 3 aromatic rings. The zero-order chi connectivity index (χ0) is 20.4. The van der Waals surface area contributed by atoms with Gasteiger partial charge in [0.1, 0.15) is 23.6 Å². The SMILES string of the molecule is O=C(c1cnc2c(ccn2-c2ccc(OCCO)cc2)n1)N1CCC(F)(F)CC1. The second-order valence-electron chi connectivity index (χ2n) is 6.86. The fraction of sp³-hybridized carbons (Fsp3) is 0.350. The third-order valence-corrected chi connectivity index (χ3v) is 4.86. The molecule has 29 heavy (non-hydrogen) atoms. The van der Waals surface area contributed by atoms with E-state index >= 15 is 0 Å². The van der Waals surface area contributed by atoms with Crippen molar-refractivity contribution in [1.82, 2.24) is 19.4 Å². The van der Waals surface area contributed by atoms with Crippen molar-refractivity contribution < 1.29 is 23.4 Å². The molecule has 1 aromatic carbocycles. The van der Waals surface area contributed by atoms with Crippen molar-refractivity contribution in [1.29, 1.82) is 0 Å². The number of benzene rings is 1. The number of aromatic nitrogens is 3. The number of halogens is 2. The van der Waals surface area contributed by atoms with Crippen LogP contribution in [-0.4, -0.2) is 62.7 Å². The van der Waals surface area contributed by atoms with E-state index in [2.05, 4.69) is 9.97 Å². The molecule has 0 spiro atoms. The summed E-state index contributed by atoms with van der Waals surface area (Å²) in [5.41, 5.74) is 2.10. The smallest absolute Gasteiger partial charge is 0.274 e. The summed E-state index contributed by atoms with van der Waals surface area (Å²) in [6, 6.07) is 9.02. The summed E-state index contributed by atoms with van der Waals surface area (Å²) < 4.78 is 33.8. The number of ether oxygens (including phenoxy) is 1. The predicted molar refractivity (Wildman–Crippen MR) is 102 cm³/mol. The van der Waals surface area contributed by atoms with Crippen LogP contribution in [0.1, 0.15) is 23.3 Å². The fourth-order valence-corrected chi connectivity index (χ4v) is 3.29. The molecule has 1 N–H and O–H groups in total. The number of hydrogen-bond donors (Lipinski definition) is 1. The Morgan fingerprint density at radius 2 is 1.90 bits per heavy atom. The molecule has 9 heteroatoms. The zero-order valence-corrected chi connectivity index (χ0v) is 15.6. The Hall–Kier alpha value is -3.07. The van der Waals surface area contributed by atoms with E-state index in [-0.39, 0.29) is 50.7 Å². The lowest BCUT2D eigenvalue weighted by Gasteiger charge is -2.31. The Bertz CT molecular complexity index is 1010. The molecule has 2 aromatic heterocycles. The van der Waals surface area contributed by atoms with E-state index < -0.39 is 5.92 Å². The van der Waals surface area contributed by atoms with E-state index in [0.717, 1.165) is 5.69 Å². The number of hydrogen-bond acceptors (Lipinski definition) is 5. The maximum atomic E-state index is 13.3. The standard InChI is InChI=1S/C20H20F2N4O3/c21-20(22)6-9-25(10-7-20)19(28)17-13-23-18-16(24-17)5-8-26(18)14-1-3-15(4-2-14)29-12-11-27/h1-5,8,13,27H,6-7,9-12H2. The van der Waals surface area contributed by atoms with Crippen molar-refractivity contribution in [2.24, 2.45) is 0 Å². The molecule has 0 radical (unpaired) electrons. The molecule has 0 atom stereocenters. The summed E-state index contributed by atoms with van der Waals surface area (Å²) in [5, 5.41) is 8.81. The quantitative estimate of drug-likeness (QED) is 0.710. The second-order valence-corrected chi connectivity index (χ2v) is 6.86. The minimum atomic E-state index is -2.71. The molecule has 1 aliphatic heterocycles. The molecular weight excluding hydrogens is 382 g/mol. The molecule has 1 amide bonds. The van der Waals surface area contributed by atoms with Crippen LogP contribution in [0.25, 0.3) is 16.9 Å². The number of rotatable bonds is 5. The highest BCUT2D eigenvalue weighted by molar-refractivity contribution is 5.93. The summed E-state index contributed by atoms with van der Waals surface area (Å²) in [6.45, 7) is 0.192. The lowest BCUT2D eigenvalue weighted by atomic mass is 10.1. The van der Waals surface area contributed by atoms with Crippen LogP contribution in [0.15, 0.2) is 42.7 Å². The van der Waals surface area contributed by atoms with Gasteiger partial charge in [-0.1, -0.05) is 0 Å². The van der Waals surface area contributed by atoms with Gasteiger partial charge in [-0.05, 0) is 30.3 Å². The summed E-state index contributed by atoms with van der Waals surface area (Å²) in [5.74, 6) is -2.44. The van der Waals surface area contributed by atoms with E-state index in [1.54, 1.807) is 24.4 Å². The van der Waals surface area contributed by atoms with Crippen LogP contribution >= 0.6 is 0 Å². The molecule has 0 unspecified atom stereocenters. The molecule has 0 saturated carbocycles. The predicted octanol–water partition coefficient (Wildman–Crippen LogP) is 2.66. The summed E-state index contributed by atoms with van der Waals surface area (Å²) >= 11 is 0. The van der Waals surface area contributed by atoms with Crippen molar-refractivity contribution in [2.75, 3.05) is 26.3 Å². The highest BCUT2D eigenvalue weighted by Gasteiger charge is 2.36. The molecule has 4 rings (SSSR count). The molecule has 0 bridgehead atoms. The van der Waals surface area contributed by atoms with Crippen molar-refractivity contribution in [2.45, 2.75) is 18.8 Å². The number of aliphatic hydroxyl groups excluding tert-OH is 1. The molecular formula is C20H20F2N4O3. The van der Waals surface area contributed by atoms with Crippen LogP contribution < -0.4 is 4.74 Å². The Morgan fingerprint density at radius 3 is 2.59 bits per heavy atom. The number of carbonyl (C=O) groups excluding carboxylic acids is 1. The Labute approximate surface area is 165 Å². The van der Waals surface area contributed by atoms with E-state index in [0.29, 0.717) is 16.9 Å². The van der Waals surface area contributed by atoms with Crippen LogP contribution in [0.2, 0.25) is 0 Å². The fourth-order valence-electron chi connectivity index (χ4n) is 3.29. The van der Waals surface area contributed by atoms with Crippen LogP contribution in [0.3, 0.4) is 0 Å². The average Bonchev–Trinajstić information content (AvgIpc) is 3.15. The maximum Gasteiger partial charge on any atom is 0.274 e. The van der Waals surface area contributed by atoms with E-state index in [1.807, 2.05) is 16.7 Å². The van der Waals surface area contributed by atoms with Gasteiger partial charge in [-0.2, -0.15) is 0 Å². The topological polar surface area (TPSA) is 80.5 Å². The third-order valence-electron chi connectivity index (χ3n) is 4.86. The lowest BCUT2D eigenvalue weighted by Crippen LogP contribution is -2.43. The molecule has 7 nitrogen and oxygen atoms in total. The first kappa shape index (κ1) is 19.3. The Balaban J connectivity index is 1.54. The van der Waals surface area contributed by atoms with Gasteiger partial charge in [0.15, 0.2) is 5.65 Å². The number of likely N-dealkylation sites (tertiary alicyclic amines) is 1. The first-order valence-electron chi connectivity index (χ1n) is 9.32. The minimum absolute atomic E-state index is 0.0112. The number of piperidine rings is 1. The van der Waals surface area contributed by atoms with Gasteiger partial charge in [-0.3, -0.25) is 9.36 Å². The van der Waals surface area contributed by atoms with Crippen LogP contribution in [0.4, 0.5) is 8.78 Å². The molecule has 1 saturated heterocycles. The van der Waals surface area contributed by atoms with Gasteiger partial charge in [0.25, 0.3) is 11.8 Å². The van der Waals surface area contributed by atoms with Gasteiger partial charge >= 0.3 is 0 Å². The minimum Gasteiger partial charge on any atom is -0.491 e. The molecule has 0 aliphatic carbocycles. The van der Waals surface area contributed by atoms with Crippen molar-refractivity contribution in [3.8, 4) is 11.4 Å². The summed E-state index contributed by atoms with van der Waals surface area (Å²) in [4.78, 5) is 22.7. The van der Waals surface area contributed by atoms with Crippen molar-refractivity contribution in [3.05, 3.63) is 48.4 Å². The average molecular weight is 402 g/mol. The summed E-state index contributed by atoms with van der Waals surface area (Å²) in [7, 11) is 0. The molecule has 152 valence electrons. The van der Waals surface area contributed by atoms with Crippen molar-refractivity contribution >= 4 is 17.1 Å². The number of aliphatic hydroxyl groups is 1. The molecule has 3 heterocycles. The Morgan fingerprint density at radius 1 is 1.17 bits per heavy atom. The van der Waals surface area contributed by atoms with Gasteiger partial charge in [-0.25, -0.2) is 18.7 Å². The van der Waals surface area contributed by atoms with Crippen LogP contribution in [0, 0.1) is 0 Å². The summed E-state index contributed by atoms with van der Waals surface area (Å²) in [6.07, 6.45) is 2.52. The van der Waals surface area contributed by atoms with Gasteiger partial charge in [0.05, 0.1) is 12.8 Å². The van der Waals surface area contributed by atoms with Gasteiger partial charge < -0.3 is 14.7 Å². The highest BCUT2D eigenvalue weighted by atomic mass is 19.3. The third kappa shape index (κ3) is 4.04. The largest absolute Gasteiger partial charge is 0.491 e. The van der Waals surface area contributed by atoms with Crippen LogP contribution in [0.5, 0.6) is 5.75 Å². The Kier molecular flexibility index (Phi) is 5.14. The molecule has 1 fully saturated rings. The molecule has 1 aliphatic rings. The maximum absolute atomic E-state index is 13.3.